The van der Waals surface area contributed by atoms with Crippen molar-refractivity contribution in [3.8, 4) is 0 Å². The van der Waals surface area contributed by atoms with Crippen LogP contribution < -0.4 is 5.32 Å². The van der Waals surface area contributed by atoms with Gasteiger partial charge < -0.3 is 10.2 Å². The molecule has 1 atom stereocenters. The first-order valence-corrected chi connectivity index (χ1v) is 8.22. The molecule has 1 N–H and O–H groups in total. The number of likely N-dealkylation sites (N-methyl/N-ethyl adjacent to an activating group) is 1. The summed E-state index contributed by atoms with van der Waals surface area (Å²) in [4.78, 5) is 26.4. The van der Waals surface area contributed by atoms with Crippen LogP contribution in [0, 0.1) is 0 Å². The summed E-state index contributed by atoms with van der Waals surface area (Å²) in [6.45, 7) is 0.520. The normalized spacial score (nSPS) is 16.4. The van der Waals surface area contributed by atoms with Gasteiger partial charge in [-0.05, 0) is 29.3 Å². The maximum Gasteiger partial charge on any atom is 0.230 e. The number of halogens is 1. The number of benzene rings is 2. The Bertz CT molecular complexity index is 743. The number of hydrogen-bond acceptors (Lipinski definition) is 2. The Labute approximate surface area is 143 Å². The first-order valence-electron chi connectivity index (χ1n) is 7.43. The first kappa shape index (κ1) is 15.7. The van der Waals surface area contributed by atoms with Crippen molar-refractivity contribution in [1.29, 1.82) is 0 Å². The van der Waals surface area contributed by atoms with Gasteiger partial charge in [0.05, 0.1) is 5.92 Å². The standard InChI is InChI=1S/C18H17BrN2O2/c1-21(11-12-6-8-13(19)9-7-12)18(23)15-10-17(22)20-16-5-3-2-4-14(15)16/h2-9,15H,10-11H2,1H3,(H,20,22). The zero-order valence-corrected chi connectivity index (χ0v) is 14.3. The van der Waals surface area contributed by atoms with Crippen molar-refractivity contribution < 1.29 is 9.59 Å². The zero-order valence-electron chi connectivity index (χ0n) is 12.8. The van der Waals surface area contributed by atoms with E-state index in [-0.39, 0.29) is 18.2 Å². The fourth-order valence-corrected chi connectivity index (χ4v) is 3.10. The van der Waals surface area contributed by atoms with Crippen LogP contribution in [0.15, 0.2) is 53.0 Å². The lowest BCUT2D eigenvalue weighted by atomic mass is 9.89. The molecular weight excluding hydrogens is 356 g/mol. The monoisotopic (exact) mass is 372 g/mol. The molecule has 5 heteroatoms. The summed E-state index contributed by atoms with van der Waals surface area (Å²) in [5.74, 6) is -0.560. The van der Waals surface area contributed by atoms with Crippen LogP contribution >= 0.6 is 15.9 Å². The number of fused-ring (bicyclic) bond motifs is 1. The van der Waals surface area contributed by atoms with Crippen LogP contribution in [0.5, 0.6) is 0 Å². The highest BCUT2D eigenvalue weighted by atomic mass is 79.9. The summed E-state index contributed by atoms with van der Waals surface area (Å²) in [7, 11) is 1.78. The molecule has 118 valence electrons. The summed E-state index contributed by atoms with van der Waals surface area (Å²) in [6.07, 6.45) is 0.195. The molecule has 23 heavy (non-hydrogen) atoms. The van der Waals surface area contributed by atoms with Gasteiger partial charge in [0, 0.05) is 30.2 Å². The molecule has 1 aliphatic rings. The zero-order chi connectivity index (χ0) is 16.4. The van der Waals surface area contributed by atoms with Crippen molar-refractivity contribution in [3.63, 3.8) is 0 Å². The number of carbonyl (C=O) groups is 2. The van der Waals surface area contributed by atoms with E-state index in [1.54, 1.807) is 11.9 Å². The Balaban J connectivity index is 1.79. The van der Waals surface area contributed by atoms with E-state index in [4.69, 9.17) is 0 Å². The highest BCUT2D eigenvalue weighted by Crippen LogP contribution is 2.33. The number of amides is 2. The molecule has 0 fully saturated rings. The second-order valence-corrected chi connectivity index (χ2v) is 6.63. The highest BCUT2D eigenvalue weighted by molar-refractivity contribution is 9.10. The third-order valence-electron chi connectivity index (χ3n) is 4.01. The SMILES string of the molecule is CN(Cc1ccc(Br)cc1)C(=O)C1CC(=O)Nc2ccccc21. The van der Waals surface area contributed by atoms with Crippen molar-refractivity contribution in [2.45, 2.75) is 18.9 Å². The lowest BCUT2D eigenvalue weighted by Crippen LogP contribution is -2.36. The van der Waals surface area contributed by atoms with Gasteiger partial charge >= 0.3 is 0 Å². The van der Waals surface area contributed by atoms with Crippen molar-refractivity contribution in [1.82, 2.24) is 4.90 Å². The molecule has 2 aromatic carbocycles. The van der Waals surface area contributed by atoms with Crippen LogP contribution in [0.25, 0.3) is 0 Å². The predicted molar refractivity (Wildman–Crippen MR) is 93.0 cm³/mol. The Morgan fingerprint density at radius 3 is 2.65 bits per heavy atom. The van der Waals surface area contributed by atoms with E-state index in [2.05, 4.69) is 21.2 Å². The number of nitrogens with one attached hydrogen (secondary N) is 1. The molecule has 0 saturated heterocycles. The molecule has 0 aliphatic carbocycles. The number of nitrogens with zero attached hydrogens (tertiary/aromatic N) is 1. The molecule has 3 rings (SSSR count). The summed E-state index contributed by atoms with van der Waals surface area (Å²) < 4.78 is 1.01. The largest absolute Gasteiger partial charge is 0.341 e. The number of rotatable bonds is 3. The molecule has 0 aromatic heterocycles. The maximum absolute atomic E-state index is 12.8. The minimum Gasteiger partial charge on any atom is -0.341 e. The molecule has 4 nitrogen and oxygen atoms in total. The molecule has 2 amide bonds. The van der Waals surface area contributed by atoms with Crippen molar-refractivity contribution in [2.24, 2.45) is 0 Å². The molecular formula is C18H17BrN2O2. The van der Waals surface area contributed by atoms with Crippen LogP contribution in [-0.2, 0) is 16.1 Å². The van der Waals surface area contributed by atoms with Gasteiger partial charge in [-0.15, -0.1) is 0 Å². The van der Waals surface area contributed by atoms with E-state index in [1.165, 1.54) is 0 Å². The van der Waals surface area contributed by atoms with Gasteiger partial charge in [0.15, 0.2) is 0 Å². The summed E-state index contributed by atoms with van der Waals surface area (Å²) >= 11 is 3.40. The average Bonchev–Trinajstić information content (AvgIpc) is 2.55. The quantitative estimate of drug-likeness (QED) is 0.895. The van der Waals surface area contributed by atoms with Crippen LogP contribution in [0.2, 0.25) is 0 Å². The van der Waals surface area contributed by atoms with E-state index < -0.39 is 5.92 Å². The Kier molecular flexibility index (Phi) is 4.48. The number of anilines is 1. The molecule has 0 saturated carbocycles. The smallest absolute Gasteiger partial charge is 0.230 e. The Hall–Kier alpha value is -2.14. The molecule has 0 bridgehead atoms. The van der Waals surface area contributed by atoms with E-state index in [1.807, 2.05) is 48.5 Å². The third-order valence-corrected chi connectivity index (χ3v) is 4.54. The summed E-state index contributed by atoms with van der Waals surface area (Å²) in [5.41, 5.74) is 2.68. The molecule has 1 unspecified atom stereocenters. The molecule has 0 spiro atoms. The van der Waals surface area contributed by atoms with Crippen LogP contribution in [0.4, 0.5) is 5.69 Å². The van der Waals surface area contributed by atoms with Crippen LogP contribution in [0.3, 0.4) is 0 Å². The Morgan fingerprint density at radius 2 is 1.91 bits per heavy atom. The van der Waals surface area contributed by atoms with Gasteiger partial charge in [-0.1, -0.05) is 46.3 Å². The van der Waals surface area contributed by atoms with E-state index >= 15 is 0 Å². The topological polar surface area (TPSA) is 49.4 Å². The molecule has 2 aromatic rings. The lowest BCUT2D eigenvalue weighted by molar-refractivity contribution is -0.134. The van der Waals surface area contributed by atoms with Gasteiger partial charge in [-0.3, -0.25) is 9.59 Å². The predicted octanol–water partition coefficient (Wildman–Crippen LogP) is 3.53. The average molecular weight is 373 g/mol. The van der Waals surface area contributed by atoms with Gasteiger partial charge in [-0.2, -0.15) is 0 Å². The van der Waals surface area contributed by atoms with Crippen LogP contribution in [-0.4, -0.2) is 23.8 Å². The number of para-hydroxylation sites is 1. The number of hydrogen-bond donors (Lipinski definition) is 1. The number of carbonyl (C=O) groups excluding carboxylic acids is 2. The lowest BCUT2D eigenvalue weighted by Gasteiger charge is -2.28. The summed E-state index contributed by atoms with van der Waals surface area (Å²) in [6, 6.07) is 15.4. The van der Waals surface area contributed by atoms with E-state index in [0.717, 1.165) is 21.3 Å². The van der Waals surface area contributed by atoms with Gasteiger partial charge in [0.1, 0.15) is 0 Å². The molecule has 1 heterocycles. The second kappa shape index (κ2) is 6.54. The van der Waals surface area contributed by atoms with E-state index in [0.29, 0.717) is 6.54 Å². The van der Waals surface area contributed by atoms with Gasteiger partial charge in [0.2, 0.25) is 11.8 Å². The Morgan fingerprint density at radius 1 is 1.22 bits per heavy atom. The fraction of sp³-hybridized carbons (Fsp3) is 0.222. The maximum atomic E-state index is 12.8. The first-order chi connectivity index (χ1) is 11.0. The minimum atomic E-state index is -0.416. The van der Waals surface area contributed by atoms with Crippen LogP contribution in [0.1, 0.15) is 23.5 Å². The summed E-state index contributed by atoms with van der Waals surface area (Å²) in [5, 5.41) is 2.82. The highest BCUT2D eigenvalue weighted by Gasteiger charge is 2.32. The molecule has 0 radical (unpaired) electrons. The minimum absolute atomic E-state index is 0.0322. The van der Waals surface area contributed by atoms with Crippen molar-refractivity contribution >= 4 is 33.4 Å². The van der Waals surface area contributed by atoms with E-state index in [9.17, 15) is 9.59 Å². The third kappa shape index (κ3) is 3.45. The second-order valence-electron chi connectivity index (χ2n) is 5.71. The van der Waals surface area contributed by atoms with Gasteiger partial charge in [0.25, 0.3) is 0 Å². The fourth-order valence-electron chi connectivity index (χ4n) is 2.84. The van der Waals surface area contributed by atoms with Crippen molar-refractivity contribution in [3.05, 3.63) is 64.1 Å². The van der Waals surface area contributed by atoms with Crippen molar-refractivity contribution in [2.75, 3.05) is 12.4 Å². The molecule has 1 aliphatic heterocycles. The van der Waals surface area contributed by atoms with Gasteiger partial charge in [-0.25, -0.2) is 0 Å².